The predicted molar refractivity (Wildman–Crippen MR) is 230 cm³/mol. The minimum absolute atomic E-state index is 0.0315. The van der Waals surface area contributed by atoms with E-state index in [2.05, 4.69) is 0 Å². The Hall–Kier alpha value is -5.74. The standard InChI is InChI=1S/C47H55FN4O11/c1-47(2,3)63-46(58)51-18-8-11-29-26-49(27-37(29)51)40-33(48)25-32-39(43(40)59-4)52(30-12-13-30)35(38(42(32)54)44(55)56)17-20-60-21-22-61-23-24-62-45(57)31-16-19-50-34(31)14-15-36(50)41(53)28-9-6-5-7-10-28/h5-7,9-10,14-15,25,29-31,37H,8,11-13,16-24,26-27H2,1-4H3,(H,55,56). The van der Waals surface area contributed by atoms with Crippen molar-refractivity contribution in [3.63, 3.8) is 0 Å². The Bertz CT molecular complexity index is 2450. The molecule has 2 aromatic heterocycles. The van der Waals surface area contributed by atoms with Gasteiger partial charge in [-0.25, -0.2) is 14.0 Å². The molecule has 2 aromatic carbocycles. The van der Waals surface area contributed by atoms with Gasteiger partial charge in [-0.1, -0.05) is 30.3 Å². The highest BCUT2D eigenvalue weighted by Crippen LogP contribution is 2.47. The number of piperidine rings is 1. The second-order valence-corrected chi connectivity index (χ2v) is 17.7. The molecule has 3 aliphatic heterocycles. The van der Waals surface area contributed by atoms with Crippen LogP contribution in [0.3, 0.4) is 0 Å². The van der Waals surface area contributed by atoms with E-state index in [1.165, 1.54) is 7.11 Å². The van der Waals surface area contributed by atoms with E-state index < -0.39 is 40.4 Å². The Kier molecular flexibility index (Phi) is 12.7. The molecule has 2 saturated heterocycles. The summed E-state index contributed by atoms with van der Waals surface area (Å²) in [7, 11) is 1.42. The molecule has 0 radical (unpaired) electrons. The number of nitrogens with zero attached hydrogens (tertiary/aromatic N) is 4. The molecule has 63 heavy (non-hydrogen) atoms. The minimum atomic E-state index is -1.41. The van der Waals surface area contributed by atoms with Crippen molar-refractivity contribution < 1.29 is 52.4 Å². The number of likely N-dealkylation sites (tertiary alicyclic amines) is 1. The highest BCUT2D eigenvalue weighted by Gasteiger charge is 2.44. The van der Waals surface area contributed by atoms with Crippen LogP contribution in [0.4, 0.5) is 14.9 Å². The number of carboxylic acids is 1. The molecule has 0 spiro atoms. The predicted octanol–water partition coefficient (Wildman–Crippen LogP) is 6.36. The SMILES string of the molecule is COc1c(N2CC3CCCN(C(=O)OC(C)(C)C)C3C2)c(F)cc2c(=O)c(C(=O)O)c(CCOCCOCCOC(=O)C3CCn4c(C(=O)c5ccccc5)ccc43)n(C3CC3)c12. The van der Waals surface area contributed by atoms with Crippen LogP contribution in [0.15, 0.2) is 53.3 Å². The fraction of sp³-hybridized carbons (Fsp3) is 0.511. The number of pyridine rings is 1. The zero-order valence-electron chi connectivity index (χ0n) is 36.2. The number of fused-ring (bicyclic) bond motifs is 3. The van der Waals surface area contributed by atoms with Crippen LogP contribution in [0.25, 0.3) is 10.9 Å². The number of aromatic nitrogens is 2. The number of benzene rings is 2. The summed E-state index contributed by atoms with van der Waals surface area (Å²) in [6.07, 6.45) is 3.33. The van der Waals surface area contributed by atoms with E-state index in [1.54, 1.807) is 29.2 Å². The highest BCUT2D eigenvalue weighted by atomic mass is 19.1. The topological polar surface area (TPSA) is 168 Å². The first kappa shape index (κ1) is 43.9. The molecule has 4 aromatic rings. The summed E-state index contributed by atoms with van der Waals surface area (Å²) in [5, 5.41) is 10.3. The Labute approximate surface area is 364 Å². The summed E-state index contributed by atoms with van der Waals surface area (Å²) >= 11 is 0. The number of amides is 1. The molecule has 3 atom stereocenters. The molecule has 3 unspecified atom stereocenters. The van der Waals surface area contributed by atoms with Gasteiger partial charge in [0.25, 0.3) is 0 Å². The second-order valence-electron chi connectivity index (χ2n) is 17.7. The van der Waals surface area contributed by atoms with Gasteiger partial charge in [-0.05, 0) is 77.0 Å². The number of carbonyl (C=O) groups excluding carboxylic acids is 3. The molecule has 15 nitrogen and oxygen atoms in total. The summed E-state index contributed by atoms with van der Waals surface area (Å²) < 4.78 is 48.8. The zero-order chi connectivity index (χ0) is 44.6. The van der Waals surface area contributed by atoms with Crippen molar-refractivity contribution in [2.75, 3.05) is 64.7 Å². The fourth-order valence-corrected chi connectivity index (χ4v) is 9.55. The summed E-state index contributed by atoms with van der Waals surface area (Å²) in [5.74, 6) is -2.86. The number of rotatable bonds is 16. The van der Waals surface area contributed by atoms with Crippen molar-refractivity contribution in [3.8, 4) is 5.75 Å². The minimum Gasteiger partial charge on any atom is -0.492 e. The monoisotopic (exact) mass is 870 g/mol. The van der Waals surface area contributed by atoms with E-state index in [0.717, 1.165) is 37.4 Å². The number of methoxy groups -OCH3 is 1. The van der Waals surface area contributed by atoms with Crippen LogP contribution in [0, 0.1) is 11.7 Å². The molecule has 1 amide bonds. The quantitative estimate of drug-likeness (QED) is 0.0754. The maximum Gasteiger partial charge on any atom is 0.410 e. The van der Waals surface area contributed by atoms with E-state index >= 15 is 4.39 Å². The number of ketones is 1. The molecule has 4 aliphatic rings. The molecule has 336 valence electrons. The lowest BCUT2D eigenvalue weighted by molar-refractivity contribution is -0.147. The Morgan fingerprint density at radius 3 is 2.32 bits per heavy atom. The molecule has 0 bridgehead atoms. The van der Waals surface area contributed by atoms with Gasteiger partial charge in [0.15, 0.2) is 11.6 Å². The van der Waals surface area contributed by atoms with Crippen LogP contribution in [0.5, 0.6) is 5.75 Å². The van der Waals surface area contributed by atoms with Crippen molar-refractivity contribution in [1.29, 1.82) is 0 Å². The van der Waals surface area contributed by atoms with Crippen LogP contribution in [0.1, 0.15) is 103 Å². The number of aromatic carboxylic acids is 1. The van der Waals surface area contributed by atoms with Crippen molar-refractivity contribution in [2.24, 2.45) is 5.92 Å². The smallest absolute Gasteiger partial charge is 0.410 e. The van der Waals surface area contributed by atoms with Crippen molar-refractivity contribution in [2.45, 2.75) is 89.4 Å². The van der Waals surface area contributed by atoms with Crippen molar-refractivity contribution in [3.05, 3.63) is 92.8 Å². The third-order valence-electron chi connectivity index (χ3n) is 12.4. The maximum absolute atomic E-state index is 16.4. The lowest BCUT2D eigenvalue weighted by Crippen LogP contribution is -2.50. The van der Waals surface area contributed by atoms with Gasteiger partial charge in [0.1, 0.15) is 23.5 Å². The first-order valence-corrected chi connectivity index (χ1v) is 21.8. The Balaban J connectivity index is 0.900. The average molecular weight is 871 g/mol. The average Bonchev–Trinajstić information content (AvgIpc) is 3.63. The molecule has 16 heteroatoms. The summed E-state index contributed by atoms with van der Waals surface area (Å²) in [5.41, 5.74) is 0.758. The summed E-state index contributed by atoms with van der Waals surface area (Å²) in [4.78, 5) is 69.6. The van der Waals surface area contributed by atoms with Gasteiger partial charge in [0.2, 0.25) is 11.2 Å². The van der Waals surface area contributed by atoms with Crippen molar-refractivity contribution >= 4 is 40.4 Å². The van der Waals surface area contributed by atoms with Crippen molar-refractivity contribution in [1.82, 2.24) is 14.0 Å². The van der Waals surface area contributed by atoms with E-state index in [0.29, 0.717) is 49.4 Å². The number of hydrogen-bond acceptors (Lipinski definition) is 11. The number of anilines is 1. The normalized spacial score (nSPS) is 19.5. The number of esters is 1. The maximum atomic E-state index is 16.4. The number of halogens is 1. The molecular formula is C47H55FN4O11. The molecule has 1 aliphatic carbocycles. The first-order chi connectivity index (χ1) is 30.3. The van der Waals surface area contributed by atoms with Gasteiger partial charge in [0.05, 0.1) is 62.1 Å². The Morgan fingerprint density at radius 1 is 0.889 bits per heavy atom. The van der Waals surface area contributed by atoms with Crippen LogP contribution < -0.4 is 15.1 Å². The van der Waals surface area contributed by atoms with Gasteiger partial charge in [0, 0.05) is 55.6 Å². The van der Waals surface area contributed by atoms with Crippen LogP contribution in [0.2, 0.25) is 0 Å². The van der Waals surface area contributed by atoms with Gasteiger partial charge in [-0.3, -0.25) is 14.4 Å². The summed E-state index contributed by atoms with van der Waals surface area (Å²) in [6, 6.07) is 13.4. The van der Waals surface area contributed by atoms with E-state index in [9.17, 15) is 29.1 Å². The van der Waals surface area contributed by atoms with Gasteiger partial charge in [-0.2, -0.15) is 0 Å². The zero-order valence-corrected chi connectivity index (χ0v) is 36.2. The molecule has 1 N–H and O–H groups in total. The Morgan fingerprint density at radius 2 is 1.62 bits per heavy atom. The van der Waals surface area contributed by atoms with Crippen LogP contribution in [-0.2, 0) is 36.7 Å². The van der Waals surface area contributed by atoms with Crippen LogP contribution >= 0.6 is 0 Å². The number of ether oxygens (including phenoxy) is 5. The second kappa shape index (κ2) is 18.2. The molecular weight excluding hydrogens is 816 g/mol. The lowest BCUT2D eigenvalue weighted by atomic mass is 9.92. The highest BCUT2D eigenvalue weighted by molar-refractivity contribution is 6.08. The van der Waals surface area contributed by atoms with Gasteiger partial charge < -0.3 is 47.7 Å². The summed E-state index contributed by atoms with van der Waals surface area (Å²) in [6.45, 7) is 7.89. The lowest BCUT2D eigenvalue weighted by Gasteiger charge is -2.37. The van der Waals surface area contributed by atoms with Gasteiger partial charge in [-0.15, -0.1) is 0 Å². The molecule has 5 heterocycles. The third kappa shape index (κ3) is 8.92. The molecule has 1 saturated carbocycles. The number of carboxylic acid groups (broad SMARTS) is 1. The first-order valence-electron chi connectivity index (χ1n) is 21.8. The van der Waals surface area contributed by atoms with E-state index in [1.807, 2.05) is 53.0 Å². The van der Waals surface area contributed by atoms with Gasteiger partial charge >= 0.3 is 18.0 Å². The van der Waals surface area contributed by atoms with Crippen LogP contribution in [-0.4, -0.2) is 114 Å². The van der Waals surface area contributed by atoms with E-state index in [-0.39, 0.29) is 91.7 Å². The molecule has 8 rings (SSSR count). The third-order valence-corrected chi connectivity index (χ3v) is 12.4. The number of carbonyl (C=O) groups is 4. The van der Waals surface area contributed by atoms with E-state index in [4.69, 9.17) is 23.7 Å². The fourth-order valence-electron chi connectivity index (χ4n) is 9.55. The molecule has 3 fully saturated rings. The largest absolute Gasteiger partial charge is 0.492 e. The number of hydrogen-bond donors (Lipinski definition) is 1.